The number of aryl methyl sites for hydroxylation is 1. The van der Waals surface area contributed by atoms with Gasteiger partial charge in [-0.1, -0.05) is 63.8 Å². The lowest BCUT2D eigenvalue weighted by Crippen LogP contribution is -2.25. The van der Waals surface area contributed by atoms with E-state index in [-0.39, 0.29) is 5.56 Å². The summed E-state index contributed by atoms with van der Waals surface area (Å²) in [5, 5.41) is 4.43. The number of anilines is 1. The Morgan fingerprint density at radius 3 is 2.49 bits per heavy atom. The smallest absolute Gasteiger partial charge is 0.297 e. The van der Waals surface area contributed by atoms with E-state index in [9.17, 15) is 4.79 Å². The van der Waals surface area contributed by atoms with Crippen LogP contribution in [0.5, 0.6) is 11.5 Å². The molecule has 0 aliphatic heterocycles. The van der Waals surface area contributed by atoms with E-state index in [1.807, 2.05) is 17.6 Å². The molecule has 0 amide bonds. The first kappa shape index (κ1) is 32.3. The van der Waals surface area contributed by atoms with Gasteiger partial charge in [-0.25, -0.2) is 0 Å². The molecule has 1 N–H and O–H groups in total. The van der Waals surface area contributed by atoms with E-state index < -0.39 is 0 Å². The number of pyridine rings is 1. The van der Waals surface area contributed by atoms with Gasteiger partial charge in [-0.05, 0) is 83.6 Å². The van der Waals surface area contributed by atoms with E-state index in [0.29, 0.717) is 30.6 Å². The molecule has 0 saturated carbocycles. The van der Waals surface area contributed by atoms with E-state index >= 15 is 0 Å². The number of rotatable bonds is 17. The number of aromatic nitrogens is 1. The second-order valence-corrected chi connectivity index (χ2v) is 10.9. The van der Waals surface area contributed by atoms with Crippen LogP contribution in [0.3, 0.4) is 0 Å². The number of hydrogen-bond acceptors (Lipinski definition) is 4. The summed E-state index contributed by atoms with van der Waals surface area (Å²) in [6, 6.07) is 6.21. The topological polar surface area (TPSA) is 52.5 Å². The zero-order chi connectivity index (χ0) is 28.8. The van der Waals surface area contributed by atoms with Crippen LogP contribution < -0.4 is 20.3 Å². The van der Waals surface area contributed by atoms with Crippen molar-refractivity contribution in [2.75, 3.05) is 18.5 Å². The lowest BCUT2D eigenvalue weighted by Gasteiger charge is -2.21. The summed E-state index contributed by atoms with van der Waals surface area (Å²) in [5.41, 5.74) is 4.47. The number of nitrogens with zero attached hydrogens (tertiary/aromatic N) is 1. The van der Waals surface area contributed by atoms with Gasteiger partial charge < -0.3 is 19.4 Å². The molecule has 1 aromatic heterocycles. The van der Waals surface area contributed by atoms with Crippen molar-refractivity contribution in [3.8, 4) is 11.5 Å². The van der Waals surface area contributed by atoms with Crippen LogP contribution in [0.1, 0.15) is 100 Å². The van der Waals surface area contributed by atoms with Crippen LogP contribution >= 0.6 is 0 Å². The van der Waals surface area contributed by atoms with Crippen LogP contribution in [-0.4, -0.2) is 17.7 Å². The van der Waals surface area contributed by atoms with Gasteiger partial charge in [0, 0.05) is 30.6 Å². The van der Waals surface area contributed by atoms with Gasteiger partial charge >= 0.3 is 0 Å². The van der Waals surface area contributed by atoms with Gasteiger partial charge in [-0.2, -0.15) is 0 Å². The SMILES string of the molecule is CC=C(CC)Oc1c(OCC(C)CCC)c(=O)n(CCCC)c2cc(NC/C=C(\C)CCC=C(C)C)ccc12. The Morgan fingerprint density at radius 2 is 1.85 bits per heavy atom. The summed E-state index contributed by atoms with van der Waals surface area (Å²) < 4.78 is 14.5. The molecule has 0 fully saturated rings. The Kier molecular flexibility index (Phi) is 14.0. The Balaban J connectivity index is 2.52. The van der Waals surface area contributed by atoms with E-state index in [1.54, 1.807) is 0 Å². The Bertz CT molecular complexity index is 1200. The molecule has 2 aromatic rings. The van der Waals surface area contributed by atoms with Gasteiger partial charge in [-0.15, -0.1) is 0 Å². The highest BCUT2D eigenvalue weighted by molar-refractivity contribution is 5.90. The maximum Gasteiger partial charge on any atom is 0.297 e. The van der Waals surface area contributed by atoms with Crippen LogP contribution in [0.4, 0.5) is 5.69 Å². The fourth-order valence-corrected chi connectivity index (χ4v) is 4.58. The van der Waals surface area contributed by atoms with E-state index in [2.05, 4.69) is 84.1 Å². The second-order valence-electron chi connectivity index (χ2n) is 10.9. The molecule has 1 heterocycles. The monoisotopic (exact) mass is 536 g/mol. The van der Waals surface area contributed by atoms with Crippen LogP contribution in [0, 0.1) is 5.92 Å². The van der Waals surface area contributed by atoms with Crippen LogP contribution in [0.2, 0.25) is 0 Å². The van der Waals surface area contributed by atoms with Crippen molar-refractivity contribution in [1.29, 1.82) is 0 Å². The van der Waals surface area contributed by atoms with Crippen molar-refractivity contribution in [1.82, 2.24) is 4.57 Å². The first-order chi connectivity index (χ1) is 18.7. The maximum atomic E-state index is 13.9. The van der Waals surface area contributed by atoms with E-state index in [0.717, 1.165) is 73.8 Å². The van der Waals surface area contributed by atoms with Gasteiger partial charge in [0.05, 0.1) is 17.9 Å². The predicted molar refractivity (Wildman–Crippen MR) is 168 cm³/mol. The third kappa shape index (κ3) is 9.94. The fraction of sp³-hybridized carbons (Fsp3) is 0.559. The van der Waals surface area contributed by atoms with Crippen LogP contribution in [0.15, 0.2) is 58.1 Å². The number of allylic oxidation sites excluding steroid dienone is 5. The zero-order valence-corrected chi connectivity index (χ0v) is 25.8. The van der Waals surface area contributed by atoms with E-state index in [1.165, 1.54) is 11.1 Å². The standard InChI is InChI=1S/C34H52N2O3/c1-9-13-22-36-31-23-28(35-21-20-26(7)17-14-16-25(5)6)18-19-30(31)32(39-29(11-3)12-4)33(34(36)37)38-24-27(8)15-10-2/h11,16,18-20,23,27,35H,9-10,12-15,17,21-22,24H2,1-8H3/b26-20+,29-11?. The third-order valence-electron chi connectivity index (χ3n) is 6.96. The molecular formula is C34H52N2O3. The van der Waals surface area contributed by atoms with Crippen molar-refractivity contribution >= 4 is 16.6 Å². The molecule has 2 rings (SSSR count). The summed E-state index contributed by atoms with van der Waals surface area (Å²) >= 11 is 0. The molecular weight excluding hydrogens is 484 g/mol. The lowest BCUT2D eigenvalue weighted by molar-refractivity contribution is 0.237. The molecule has 216 valence electrons. The molecule has 5 nitrogen and oxygen atoms in total. The molecule has 0 aliphatic rings. The Morgan fingerprint density at radius 1 is 1.08 bits per heavy atom. The van der Waals surface area contributed by atoms with Crippen LogP contribution in [-0.2, 0) is 6.54 Å². The van der Waals surface area contributed by atoms with Crippen molar-refractivity contribution in [3.05, 3.63) is 63.7 Å². The predicted octanol–water partition coefficient (Wildman–Crippen LogP) is 9.41. The number of unbranched alkanes of at least 4 members (excludes halogenated alkanes) is 1. The first-order valence-electron chi connectivity index (χ1n) is 14.9. The molecule has 5 heteroatoms. The van der Waals surface area contributed by atoms with Crippen molar-refractivity contribution in [2.45, 2.75) is 107 Å². The second kappa shape index (κ2) is 16.9. The normalized spacial score (nSPS) is 12.9. The maximum absolute atomic E-state index is 13.9. The minimum absolute atomic E-state index is 0.117. The molecule has 39 heavy (non-hydrogen) atoms. The van der Waals surface area contributed by atoms with Crippen LogP contribution in [0.25, 0.3) is 10.9 Å². The zero-order valence-electron chi connectivity index (χ0n) is 25.8. The highest BCUT2D eigenvalue weighted by Gasteiger charge is 2.22. The molecule has 1 aromatic carbocycles. The van der Waals surface area contributed by atoms with Crippen molar-refractivity contribution in [2.24, 2.45) is 5.92 Å². The number of nitrogens with one attached hydrogen (secondary N) is 1. The number of benzene rings is 1. The average molecular weight is 537 g/mol. The largest absolute Gasteiger partial charge is 0.485 e. The average Bonchev–Trinajstić information content (AvgIpc) is 2.90. The van der Waals surface area contributed by atoms with Crippen molar-refractivity contribution in [3.63, 3.8) is 0 Å². The number of ether oxygens (including phenoxy) is 2. The summed E-state index contributed by atoms with van der Waals surface area (Å²) in [6.07, 6.45) is 13.4. The Labute approximate surface area is 237 Å². The number of fused-ring (bicyclic) bond motifs is 1. The molecule has 0 radical (unpaired) electrons. The lowest BCUT2D eigenvalue weighted by atomic mass is 10.1. The molecule has 1 atom stereocenters. The minimum Gasteiger partial charge on any atom is -0.485 e. The summed E-state index contributed by atoms with van der Waals surface area (Å²) in [6.45, 7) is 18.8. The molecule has 0 spiro atoms. The van der Waals surface area contributed by atoms with Gasteiger partial charge in [0.1, 0.15) is 0 Å². The molecule has 1 unspecified atom stereocenters. The summed E-state index contributed by atoms with van der Waals surface area (Å²) in [5.74, 6) is 2.04. The van der Waals surface area contributed by atoms with E-state index in [4.69, 9.17) is 9.47 Å². The van der Waals surface area contributed by atoms with Gasteiger partial charge in [0.15, 0.2) is 5.75 Å². The fourth-order valence-electron chi connectivity index (χ4n) is 4.58. The third-order valence-corrected chi connectivity index (χ3v) is 6.96. The summed E-state index contributed by atoms with van der Waals surface area (Å²) in [7, 11) is 0. The quantitative estimate of drug-likeness (QED) is 0.162. The molecule has 0 bridgehead atoms. The highest BCUT2D eigenvalue weighted by atomic mass is 16.5. The first-order valence-corrected chi connectivity index (χ1v) is 14.9. The highest BCUT2D eigenvalue weighted by Crippen LogP contribution is 2.36. The van der Waals surface area contributed by atoms with Gasteiger partial charge in [-0.3, -0.25) is 4.79 Å². The number of hydrogen-bond donors (Lipinski definition) is 1. The van der Waals surface area contributed by atoms with Gasteiger partial charge in [0.2, 0.25) is 5.75 Å². The van der Waals surface area contributed by atoms with Crippen molar-refractivity contribution < 1.29 is 9.47 Å². The van der Waals surface area contributed by atoms with Gasteiger partial charge in [0.25, 0.3) is 5.56 Å². The molecule has 0 aliphatic carbocycles. The summed E-state index contributed by atoms with van der Waals surface area (Å²) in [4.78, 5) is 13.9. The minimum atomic E-state index is -0.117. The Hall–Kier alpha value is -2.95. The molecule has 0 saturated heterocycles.